The lowest BCUT2D eigenvalue weighted by Gasteiger charge is -2.02. The summed E-state index contributed by atoms with van der Waals surface area (Å²) in [5, 5.41) is 0. The first-order valence-corrected chi connectivity index (χ1v) is 5.44. The molecule has 2 aromatic carbocycles. The smallest absolute Gasteiger partial charge is 0.124 e. The minimum Gasteiger partial charge on any atom is -0.303 e. The summed E-state index contributed by atoms with van der Waals surface area (Å²) >= 11 is 0. The van der Waals surface area contributed by atoms with Gasteiger partial charge in [0.25, 0.3) is 0 Å². The van der Waals surface area contributed by atoms with E-state index < -0.39 is 0 Å². The molecule has 0 unspecified atom stereocenters. The van der Waals surface area contributed by atoms with E-state index in [1.807, 2.05) is 18.2 Å². The highest BCUT2D eigenvalue weighted by Crippen LogP contribution is 2.10. The van der Waals surface area contributed by atoms with E-state index in [9.17, 15) is 4.79 Å². The van der Waals surface area contributed by atoms with Crippen molar-refractivity contribution in [2.24, 2.45) is 0 Å². The normalized spacial score (nSPS) is 10.0. The van der Waals surface area contributed by atoms with E-state index in [1.165, 1.54) is 11.1 Å². The van der Waals surface area contributed by atoms with Crippen LogP contribution in [0.25, 0.3) is 0 Å². The second-order valence-corrected chi connectivity index (χ2v) is 3.85. The molecular weight excluding hydrogens is 196 g/mol. The number of aldehydes is 1. The molecule has 0 aliphatic heterocycles. The molecule has 0 atom stereocenters. The summed E-state index contributed by atoms with van der Waals surface area (Å²) in [5.74, 6) is 0. The molecule has 0 saturated heterocycles. The molecule has 80 valence electrons. The van der Waals surface area contributed by atoms with Crippen molar-refractivity contribution in [2.75, 3.05) is 0 Å². The molecule has 0 bridgehead atoms. The molecular formula is C15H14O. The molecule has 0 amide bonds. The van der Waals surface area contributed by atoms with Gasteiger partial charge < -0.3 is 4.79 Å². The van der Waals surface area contributed by atoms with Crippen molar-refractivity contribution in [3.8, 4) is 0 Å². The predicted molar refractivity (Wildman–Crippen MR) is 65.5 cm³/mol. The Morgan fingerprint density at radius 3 is 1.94 bits per heavy atom. The van der Waals surface area contributed by atoms with Crippen LogP contribution in [-0.4, -0.2) is 6.29 Å². The fourth-order valence-corrected chi connectivity index (χ4v) is 1.72. The summed E-state index contributed by atoms with van der Waals surface area (Å²) in [6, 6.07) is 18.6. The topological polar surface area (TPSA) is 17.1 Å². The number of hydrogen-bond acceptors (Lipinski definition) is 1. The second kappa shape index (κ2) is 5.26. The third-order valence-corrected chi connectivity index (χ3v) is 2.59. The summed E-state index contributed by atoms with van der Waals surface area (Å²) in [4.78, 5) is 10.4. The average Bonchev–Trinajstić information content (AvgIpc) is 2.33. The molecule has 0 spiro atoms. The molecule has 0 saturated carbocycles. The predicted octanol–water partition coefficient (Wildman–Crippen LogP) is 3.02. The number of carbonyl (C=O) groups is 1. The molecule has 1 nitrogen and oxygen atoms in total. The maximum absolute atomic E-state index is 10.4. The monoisotopic (exact) mass is 210 g/mol. The Kier molecular flexibility index (Phi) is 3.50. The van der Waals surface area contributed by atoms with Crippen LogP contribution in [0, 0.1) is 0 Å². The summed E-state index contributed by atoms with van der Waals surface area (Å²) in [7, 11) is 0. The zero-order valence-electron chi connectivity index (χ0n) is 9.10. The summed E-state index contributed by atoms with van der Waals surface area (Å²) in [5.41, 5.74) is 3.67. The van der Waals surface area contributed by atoms with Gasteiger partial charge >= 0.3 is 0 Å². The van der Waals surface area contributed by atoms with Gasteiger partial charge in [0, 0.05) is 6.42 Å². The van der Waals surface area contributed by atoms with Gasteiger partial charge in [0.1, 0.15) is 6.29 Å². The Morgan fingerprint density at radius 2 is 1.31 bits per heavy atom. The first-order valence-electron chi connectivity index (χ1n) is 5.44. The van der Waals surface area contributed by atoms with Gasteiger partial charge in [0.05, 0.1) is 0 Å². The van der Waals surface area contributed by atoms with Crippen LogP contribution in [-0.2, 0) is 17.6 Å². The zero-order chi connectivity index (χ0) is 11.2. The van der Waals surface area contributed by atoms with E-state index in [2.05, 4.69) is 36.4 Å². The lowest BCUT2D eigenvalue weighted by Crippen LogP contribution is -1.90. The van der Waals surface area contributed by atoms with E-state index in [4.69, 9.17) is 0 Å². The molecule has 0 fully saturated rings. The van der Waals surface area contributed by atoms with Gasteiger partial charge in [-0.2, -0.15) is 0 Å². The maximum atomic E-state index is 10.4. The van der Waals surface area contributed by atoms with Crippen LogP contribution in [0.5, 0.6) is 0 Å². The molecule has 1 heteroatoms. The number of rotatable bonds is 4. The fraction of sp³-hybridized carbons (Fsp3) is 0.133. The highest BCUT2D eigenvalue weighted by molar-refractivity contribution is 5.54. The average molecular weight is 210 g/mol. The number of hydrogen-bond donors (Lipinski definition) is 0. The van der Waals surface area contributed by atoms with Gasteiger partial charge in [-0.3, -0.25) is 0 Å². The number of benzene rings is 2. The molecule has 2 rings (SSSR count). The highest BCUT2D eigenvalue weighted by Gasteiger charge is 1.96. The second-order valence-electron chi connectivity index (χ2n) is 3.85. The van der Waals surface area contributed by atoms with Gasteiger partial charge in [-0.1, -0.05) is 54.6 Å². The third-order valence-electron chi connectivity index (χ3n) is 2.59. The lowest BCUT2D eigenvalue weighted by molar-refractivity contribution is -0.107. The van der Waals surface area contributed by atoms with Crippen molar-refractivity contribution in [3.05, 3.63) is 71.3 Å². The van der Waals surface area contributed by atoms with E-state index in [0.717, 1.165) is 18.3 Å². The first kappa shape index (κ1) is 10.6. The molecule has 0 aliphatic rings. The summed E-state index contributed by atoms with van der Waals surface area (Å²) < 4.78 is 0. The maximum Gasteiger partial charge on any atom is 0.124 e. The van der Waals surface area contributed by atoms with Crippen molar-refractivity contribution < 1.29 is 4.79 Å². The Morgan fingerprint density at radius 1 is 0.750 bits per heavy atom. The van der Waals surface area contributed by atoms with E-state index in [-0.39, 0.29) is 0 Å². The van der Waals surface area contributed by atoms with Crippen LogP contribution in [0.4, 0.5) is 0 Å². The minimum absolute atomic E-state index is 0.506. The van der Waals surface area contributed by atoms with Gasteiger partial charge in [0.15, 0.2) is 0 Å². The quantitative estimate of drug-likeness (QED) is 0.709. The van der Waals surface area contributed by atoms with E-state index >= 15 is 0 Å². The van der Waals surface area contributed by atoms with E-state index in [1.54, 1.807) is 0 Å². The van der Waals surface area contributed by atoms with Crippen LogP contribution in [0.3, 0.4) is 0 Å². The molecule has 0 radical (unpaired) electrons. The molecule has 0 aromatic heterocycles. The van der Waals surface area contributed by atoms with Gasteiger partial charge in [0.2, 0.25) is 0 Å². The van der Waals surface area contributed by atoms with Crippen molar-refractivity contribution in [3.63, 3.8) is 0 Å². The lowest BCUT2D eigenvalue weighted by atomic mass is 10.0. The molecule has 2 aromatic rings. The zero-order valence-corrected chi connectivity index (χ0v) is 9.10. The van der Waals surface area contributed by atoms with Gasteiger partial charge in [-0.15, -0.1) is 0 Å². The fourth-order valence-electron chi connectivity index (χ4n) is 1.72. The Bertz CT molecular complexity index is 443. The van der Waals surface area contributed by atoms with Crippen molar-refractivity contribution >= 4 is 6.29 Å². The summed E-state index contributed by atoms with van der Waals surface area (Å²) in [6.07, 6.45) is 2.39. The molecule has 0 N–H and O–H groups in total. The molecule has 16 heavy (non-hydrogen) atoms. The van der Waals surface area contributed by atoms with Crippen LogP contribution in [0.15, 0.2) is 54.6 Å². The van der Waals surface area contributed by atoms with Crippen LogP contribution in [0.2, 0.25) is 0 Å². The first-order chi connectivity index (χ1) is 7.88. The summed E-state index contributed by atoms with van der Waals surface area (Å²) in [6.45, 7) is 0. The third kappa shape index (κ3) is 2.80. The van der Waals surface area contributed by atoms with Crippen molar-refractivity contribution in [2.45, 2.75) is 12.8 Å². The SMILES string of the molecule is O=CCc1ccc(Cc2ccccc2)cc1. The molecule has 0 heterocycles. The van der Waals surface area contributed by atoms with Crippen molar-refractivity contribution in [1.29, 1.82) is 0 Å². The van der Waals surface area contributed by atoms with Crippen LogP contribution in [0.1, 0.15) is 16.7 Å². The van der Waals surface area contributed by atoms with Crippen molar-refractivity contribution in [1.82, 2.24) is 0 Å². The Labute approximate surface area is 95.7 Å². The minimum atomic E-state index is 0.506. The highest BCUT2D eigenvalue weighted by atomic mass is 16.1. The Hall–Kier alpha value is -1.89. The van der Waals surface area contributed by atoms with Gasteiger partial charge in [-0.05, 0) is 23.1 Å². The van der Waals surface area contributed by atoms with Crippen LogP contribution < -0.4 is 0 Å². The standard InChI is InChI=1S/C15H14O/c16-11-10-13-6-8-15(9-7-13)12-14-4-2-1-3-5-14/h1-9,11H,10,12H2. The van der Waals surface area contributed by atoms with Crippen LogP contribution >= 0.6 is 0 Å². The van der Waals surface area contributed by atoms with E-state index in [0.29, 0.717) is 6.42 Å². The van der Waals surface area contributed by atoms with Gasteiger partial charge in [-0.25, -0.2) is 0 Å². The number of carbonyl (C=O) groups excluding carboxylic acids is 1. The largest absolute Gasteiger partial charge is 0.303 e. The Balaban J connectivity index is 2.08. The molecule has 0 aliphatic carbocycles.